The van der Waals surface area contributed by atoms with Crippen LogP contribution in [0.2, 0.25) is 0 Å². The first kappa shape index (κ1) is 14.4. The Labute approximate surface area is 117 Å². The Morgan fingerprint density at radius 3 is 3.00 bits per heavy atom. The molecule has 1 unspecified atom stereocenters. The van der Waals surface area contributed by atoms with Gasteiger partial charge in [-0.15, -0.1) is 0 Å². The van der Waals surface area contributed by atoms with Crippen LogP contribution in [0.25, 0.3) is 0 Å². The molecule has 2 amide bonds. The lowest BCUT2D eigenvalue weighted by Crippen LogP contribution is -2.52. The molecule has 2 rings (SSSR count). The van der Waals surface area contributed by atoms with Crippen molar-refractivity contribution in [2.45, 2.75) is 38.8 Å². The number of H-pyrrole nitrogens is 1. The van der Waals surface area contributed by atoms with Gasteiger partial charge in [-0.1, -0.05) is 13.3 Å². The standard InChI is InChI=1S/C13H20N4O3/c1-3-4-5-16(2)13(20)17-7-10-9(14-8-15-10)6-11(17)12(18)19/h8,11H,3-7H2,1-2H3,(H,14,15)(H,18,19). The minimum absolute atomic E-state index is 0.244. The number of aromatic nitrogens is 2. The molecule has 1 atom stereocenters. The van der Waals surface area contributed by atoms with Gasteiger partial charge < -0.3 is 19.9 Å². The van der Waals surface area contributed by atoms with Crippen molar-refractivity contribution < 1.29 is 14.7 Å². The molecule has 0 radical (unpaired) electrons. The van der Waals surface area contributed by atoms with E-state index < -0.39 is 12.0 Å². The highest BCUT2D eigenvalue weighted by Crippen LogP contribution is 2.22. The number of fused-ring (bicyclic) bond motifs is 1. The van der Waals surface area contributed by atoms with Crippen molar-refractivity contribution in [3.05, 3.63) is 17.7 Å². The van der Waals surface area contributed by atoms with Gasteiger partial charge in [-0.3, -0.25) is 0 Å². The Kier molecular flexibility index (Phi) is 4.26. The Balaban J connectivity index is 2.15. The summed E-state index contributed by atoms with van der Waals surface area (Å²) in [6.07, 6.45) is 3.69. The summed E-state index contributed by atoms with van der Waals surface area (Å²) >= 11 is 0. The summed E-state index contributed by atoms with van der Waals surface area (Å²) in [4.78, 5) is 33.9. The van der Waals surface area contributed by atoms with Crippen molar-refractivity contribution in [3.63, 3.8) is 0 Å². The van der Waals surface area contributed by atoms with Crippen molar-refractivity contribution in [3.8, 4) is 0 Å². The fourth-order valence-electron chi connectivity index (χ4n) is 2.37. The van der Waals surface area contributed by atoms with Gasteiger partial charge in [0.1, 0.15) is 6.04 Å². The number of urea groups is 1. The molecule has 1 aromatic rings. The predicted octanol–water partition coefficient (Wildman–Crippen LogP) is 1.07. The third-order valence-corrected chi connectivity index (χ3v) is 3.60. The van der Waals surface area contributed by atoms with Crippen LogP contribution < -0.4 is 0 Å². The number of hydrogen-bond acceptors (Lipinski definition) is 3. The van der Waals surface area contributed by atoms with E-state index in [1.54, 1.807) is 18.3 Å². The summed E-state index contributed by atoms with van der Waals surface area (Å²) in [7, 11) is 1.71. The first-order chi connectivity index (χ1) is 9.54. The van der Waals surface area contributed by atoms with Crippen molar-refractivity contribution in [2.24, 2.45) is 0 Å². The molecule has 7 nitrogen and oxygen atoms in total. The van der Waals surface area contributed by atoms with Crippen LogP contribution in [0.4, 0.5) is 4.79 Å². The third-order valence-electron chi connectivity index (χ3n) is 3.60. The number of nitrogens with one attached hydrogen (secondary N) is 1. The molecule has 20 heavy (non-hydrogen) atoms. The SMILES string of the molecule is CCCCN(C)C(=O)N1Cc2[nH]cnc2CC1C(=O)O. The van der Waals surface area contributed by atoms with Crippen LogP contribution >= 0.6 is 0 Å². The topological polar surface area (TPSA) is 89.5 Å². The average molecular weight is 280 g/mol. The van der Waals surface area contributed by atoms with E-state index in [0.29, 0.717) is 6.54 Å². The van der Waals surface area contributed by atoms with Crippen molar-refractivity contribution in [1.29, 1.82) is 0 Å². The second kappa shape index (κ2) is 5.94. The summed E-state index contributed by atoms with van der Waals surface area (Å²) in [5, 5.41) is 9.33. The van der Waals surface area contributed by atoms with Gasteiger partial charge >= 0.3 is 12.0 Å². The highest BCUT2D eigenvalue weighted by Gasteiger charge is 2.37. The second-order valence-electron chi connectivity index (χ2n) is 5.07. The zero-order valence-corrected chi connectivity index (χ0v) is 11.8. The third kappa shape index (κ3) is 2.76. The Bertz CT molecular complexity index is 500. The van der Waals surface area contributed by atoms with Gasteiger partial charge in [0.15, 0.2) is 0 Å². The number of nitrogens with zero attached hydrogens (tertiary/aromatic N) is 3. The quantitative estimate of drug-likeness (QED) is 0.863. The molecule has 0 aliphatic carbocycles. The molecule has 1 aliphatic rings. The maximum Gasteiger partial charge on any atom is 0.326 e. The second-order valence-corrected chi connectivity index (χ2v) is 5.07. The summed E-state index contributed by atoms with van der Waals surface area (Å²) in [6.45, 7) is 2.95. The monoisotopic (exact) mass is 280 g/mol. The lowest BCUT2D eigenvalue weighted by atomic mass is 10.0. The summed E-state index contributed by atoms with van der Waals surface area (Å²) in [5.41, 5.74) is 1.55. The van der Waals surface area contributed by atoms with Crippen molar-refractivity contribution in [2.75, 3.05) is 13.6 Å². The maximum absolute atomic E-state index is 12.4. The lowest BCUT2D eigenvalue weighted by molar-refractivity contribution is -0.142. The molecule has 1 aromatic heterocycles. The zero-order chi connectivity index (χ0) is 14.7. The first-order valence-electron chi connectivity index (χ1n) is 6.80. The molecular weight excluding hydrogens is 260 g/mol. The molecule has 0 saturated heterocycles. The van der Waals surface area contributed by atoms with Crippen LogP contribution in [-0.4, -0.2) is 56.5 Å². The summed E-state index contributed by atoms with van der Waals surface area (Å²) in [6, 6.07) is -1.09. The van der Waals surface area contributed by atoms with Crippen LogP contribution in [-0.2, 0) is 17.8 Å². The summed E-state index contributed by atoms with van der Waals surface area (Å²) in [5.74, 6) is -0.990. The number of rotatable bonds is 4. The van der Waals surface area contributed by atoms with Crippen LogP contribution in [0.1, 0.15) is 31.2 Å². The number of carboxylic acid groups (broad SMARTS) is 1. The average Bonchev–Trinajstić information content (AvgIpc) is 2.89. The number of imidazole rings is 1. The van der Waals surface area contributed by atoms with E-state index in [9.17, 15) is 14.7 Å². The van der Waals surface area contributed by atoms with Crippen molar-refractivity contribution >= 4 is 12.0 Å². The largest absolute Gasteiger partial charge is 0.480 e. The van der Waals surface area contributed by atoms with E-state index in [1.165, 1.54) is 4.90 Å². The minimum Gasteiger partial charge on any atom is -0.480 e. The van der Waals surface area contributed by atoms with Gasteiger partial charge in [0.05, 0.1) is 24.3 Å². The molecule has 0 spiro atoms. The number of aliphatic carboxylic acids is 1. The first-order valence-corrected chi connectivity index (χ1v) is 6.80. The Hall–Kier alpha value is -2.05. The van der Waals surface area contributed by atoms with Crippen LogP contribution in [0.3, 0.4) is 0 Å². The lowest BCUT2D eigenvalue weighted by Gasteiger charge is -2.35. The van der Waals surface area contributed by atoms with Crippen LogP contribution in [0.15, 0.2) is 6.33 Å². The minimum atomic E-state index is -0.990. The molecule has 7 heteroatoms. The number of carbonyl (C=O) groups excluding carboxylic acids is 1. The normalized spacial score (nSPS) is 17.7. The van der Waals surface area contributed by atoms with Crippen LogP contribution in [0, 0.1) is 0 Å². The molecule has 110 valence electrons. The van der Waals surface area contributed by atoms with E-state index >= 15 is 0 Å². The van der Waals surface area contributed by atoms with Gasteiger partial charge in [-0.05, 0) is 6.42 Å². The molecule has 0 fully saturated rings. The van der Waals surface area contributed by atoms with Crippen LogP contribution in [0.5, 0.6) is 0 Å². The van der Waals surface area contributed by atoms with E-state index in [0.717, 1.165) is 24.2 Å². The van der Waals surface area contributed by atoms with Gasteiger partial charge in [0.25, 0.3) is 0 Å². The van der Waals surface area contributed by atoms with Crippen molar-refractivity contribution in [1.82, 2.24) is 19.8 Å². The molecule has 0 saturated carbocycles. The molecular formula is C13H20N4O3. The summed E-state index contributed by atoms with van der Waals surface area (Å²) < 4.78 is 0. The molecule has 2 heterocycles. The van der Waals surface area contributed by atoms with Gasteiger partial charge in [0.2, 0.25) is 0 Å². The number of carbonyl (C=O) groups is 2. The Morgan fingerprint density at radius 1 is 1.60 bits per heavy atom. The Morgan fingerprint density at radius 2 is 2.35 bits per heavy atom. The predicted molar refractivity (Wildman–Crippen MR) is 72.2 cm³/mol. The number of carboxylic acids is 1. The van der Waals surface area contributed by atoms with E-state index in [1.807, 2.05) is 0 Å². The molecule has 1 aliphatic heterocycles. The maximum atomic E-state index is 12.4. The number of amides is 2. The van der Waals surface area contributed by atoms with Gasteiger partial charge in [-0.25, -0.2) is 14.6 Å². The fraction of sp³-hybridized carbons (Fsp3) is 0.615. The highest BCUT2D eigenvalue weighted by molar-refractivity contribution is 5.83. The van der Waals surface area contributed by atoms with Gasteiger partial charge in [-0.2, -0.15) is 0 Å². The zero-order valence-electron chi connectivity index (χ0n) is 11.8. The van der Waals surface area contributed by atoms with E-state index in [2.05, 4.69) is 16.9 Å². The number of unbranched alkanes of at least 4 members (excludes halogenated alkanes) is 1. The number of aromatic amines is 1. The van der Waals surface area contributed by atoms with E-state index in [4.69, 9.17) is 0 Å². The molecule has 0 bridgehead atoms. The smallest absolute Gasteiger partial charge is 0.326 e. The number of hydrogen-bond donors (Lipinski definition) is 2. The highest BCUT2D eigenvalue weighted by atomic mass is 16.4. The van der Waals surface area contributed by atoms with E-state index in [-0.39, 0.29) is 19.0 Å². The fourth-order valence-corrected chi connectivity index (χ4v) is 2.37. The molecule has 2 N–H and O–H groups in total. The molecule has 0 aromatic carbocycles. The van der Waals surface area contributed by atoms with Gasteiger partial charge in [0, 0.05) is 20.0 Å².